The van der Waals surface area contributed by atoms with Crippen LogP contribution in [0.5, 0.6) is 5.75 Å². The molecule has 176 valence electrons. The number of Topliss-reactive ketones (excluding diaryl/α,β-unsaturated/α-hetero) is 2. The van der Waals surface area contributed by atoms with Crippen LogP contribution in [-0.4, -0.2) is 21.6 Å². The van der Waals surface area contributed by atoms with Gasteiger partial charge in [0.2, 0.25) is 0 Å². The van der Waals surface area contributed by atoms with Crippen LogP contribution in [0.25, 0.3) is 0 Å². The zero-order valence-electron chi connectivity index (χ0n) is 20.5. The third-order valence-corrected chi connectivity index (χ3v) is 7.43. The molecule has 4 nitrogen and oxygen atoms in total. The smallest absolute Gasteiger partial charge is 0.162 e. The van der Waals surface area contributed by atoms with Crippen LogP contribution in [0.3, 0.4) is 0 Å². The molecule has 2 aliphatic carbocycles. The summed E-state index contributed by atoms with van der Waals surface area (Å²) < 4.78 is 0. The number of hydrogen-bond donors (Lipinski definition) is 1. The van der Waals surface area contributed by atoms with Gasteiger partial charge in [-0.1, -0.05) is 70.2 Å². The molecule has 0 bridgehead atoms. The van der Waals surface area contributed by atoms with Crippen LogP contribution >= 0.6 is 0 Å². The Balaban J connectivity index is 1.76. The number of carbonyl (C=O) groups is 2. The number of nitrogens with zero attached hydrogens (tertiary/aromatic N) is 1. The molecular formula is C30H33NO3. The van der Waals surface area contributed by atoms with Crippen LogP contribution in [0.4, 0.5) is 0 Å². The Hall–Kier alpha value is -3.14. The predicted octanol–water partition coefficient (Wildman–Crippen LogP) is 6.28. The van der Waals surface area contributed by atoms with Crippen molar-refractivity contribution >= 4 is 11.6 Å². The molecule has 0 fully saturated rings. The average Bonchev–Trinajstić information content (AvgIpc) is 2.74. The van der Waals surface area contributed by atoms with E-state index in [0.717, 1.165) is 46.5 Å². The predicted molar refractivity (Wildman–Crippen MR) is 133 cm³/mol. The Labute approximate surface area is 202 Å². The fraction of sp³-hybridized carbons (Fsp3) is 0.400. The van der Waals surface area contributed by atoms with Crippen LogP contribution in [-0.2, 0) is 16.1 Å². The molecule has 2 aromatic rings. The first-order valence-electron chi connectivity index (χ1n) is 12.2. The van der Waals surface area contributed by atoms with Gasteiger partial charge in [0.15, 0.2) is 11.6 Å². The topological polar surface area (TPSA) is 57.6 Å². The first kappa shape index (κ1) is 22.6. The van der Waals surface area contributed by atoms with Gasteiger partial charge >= 0.3 is 0 Å². The maximum Gasteiger partial charge on any atom is 0.162 e. The van der Waals surface area contributed by atoms with E-state index in [-0.39, 0.29) is 34.1 Å². The lowest BCUT2D eigenvalue weighted by Crippen LogP contribution is -2.44. The molecule has 1 aliphatic heterocycles. The van der Waals surface area contributed by atoms with Crippen LogP contribution in [0.15, 0.2) is 77.1 Å². The highest BCUT2D eigenvalue weighted by atomic mass is 16.3. The second-order valence-corrected chi connectivity index (χ2v) is 11.7. The number of allylic oxidation sites excluding steroid dienone is 4. The molecule has 1 N–H and O–H groups in total. The molecule has 0 radical (unpaired) electrons. The summed E-state index contributed by atoms with van der Waals surface area (Å²) in [5, 5.41) is 9.90. The van der Waals surface area contributed by atoms with Crippen LogP contribution in [0.2, 0.25) is 0 Å². The van der Waals surface area contributed by atoms with Crippen molar-refractivity contribution in [3.8, 4) is 5.75 Å². The highest BCUT2D eigenvalue weighted by Gasteiger charge is 2.48. The lowest BCUT2D eigenvalue weighted by atomic mass is 9.63. The minimum absolute atomic E-state index is 0.131. The van der Waals surface area contributed by atoms with Gasteiger partial charge in [-0.25, -0.2) is 0 Å². The second-order valence-electron chi connectivity index (χ2n) is 11.7. The van der Waals surface area contributed by atoms with Crippen molar-refractivity contribution in [2.75, 3.05) is 0 Å². The summed E-state index contributed by atoms with van der Waals surface area (Å²) in [7, 11) is 0. The highest BCUT2D eigenvalue weighted by Crippen LogP contribution is 2.54. The van der Waals surface area contributed by atoms with Crippen molar-refractivity contribution in [3.63, 3.8) is 0 Å². The largest absolute Gasteiger partial charge is 0.508 e. The molecule has 0 aromatic heterocycles. The quantitative estimate of drug-likeness (QED) is 0.592. The molecule has 0 saturated heterocycles. The number of rotatable bonds is 3. The van der Waals surface area contributed by atoms with Gasteiger partial charge in [-0.2, -0.15) is 0 Å². The summed E-state index contributed by atoms with van der Waals surface area (Å²) in [5.74, 6) is 0.0730. The van der Waals surface area contributed by atoms with Gasteiger partial charge in [-0.3, -0.25) is 9.59 Å². The monoisotopic (exact) mass is 455 g/mol. The summed E-state index contributed by atoms with van der Waals surface area (Å²) in [5.41, 5.74) is 5.45. The zero-order valence-corrected chi connectivity index (χ0v) is 20.5. The summed E-state index contributed by atoms with van der Waals surface area (Å²) in [6.07, 6.45) is 2.53. The van der Waals surface area contributed by atoms with Gasteiger partial charge in [0.1, 0.15) is 5.75 Å². The molecule has 1 heterocycles. The number of phenols is 1. The van der Waals surface area contributed by atoms with Crippen molar-refractivity contribution in [1.82, 2.24) is 4.90 Å². The standard InChI is InChI=1S/C30H33NO3/c1-29(2)14-22-27(24(33)16-29)26(20-10-12-21(32)13-11-20)28-23(15-30(3,4)17-25(28)34)31(22)18-19-8-6-5-7-9-19/h5-13,26,32H,14-18H2,1-4H3. The van der Waals surface area contributed by atoms with Crippen LogP contribution in [0.1, 0.15) is 70.4 Å². The highest BCUT2D eigenvalue weighted by molar-refractivity contribution is 6.06. The lowest BCUT2D eigenvalue weighted by Gasteiger charge is -2.49. The molecule has 0 spiro atoms. The third-order valence-electron chi connectivity index (χ3n) is 7.43. The van der Waals surface area contributed by atoms with Gasteiger partial charge in [0, 0.05) is 47.8 Å². The first-order valence-corrected chi connectivity index (χ1v) is 12.2. The number of carbonyl (C=O) groups excluding carboxylic acids is 2. The van der Waals surface area contributed by atoms with E-state index in [1.165, 1.54) is 0 Å². The molecule has 34 heavy (non-hydrogen) atoms. The van der Waals surface area contributed by atoms with Gasteiger partial charge < -0.3 is 10.0 Å². The van der Waals surface area contributed by atoms with Crippen molar-refractivity contribution < 1.29 is 14.7 Å². The Morgan fingerprint density at radius 1 is 0.765 bits per heavy atom. The van der Waals surface area contributed by atoms with Crippen LogP contribution < -0.4 is 0 Å². The van der Waals surface area contributed by atoms with E-state index in [1.807, 2.05) is 30.3 Å². The first-order chi connectivity index (χ1) is 16.0. The van der Waals surface area contributed by atoms with E-state index in [0.29, 0.717) is 19.4 Å². The maximum atomic E-state index is 13.7. The Morgan fingerprint density at radius 2 is 1.26 bits per heavy atom. The van der Waals surface area contributed by atoms with Gasteiger partial charge in [-0.05, 0) is 46.9 Å². The van der Waals surface area contributed by atoms with E-state index in [9.17, 15) is 14.7 Å². The van der Waals surface area contributed by atoms with Gasteiger partial charge in [0.05, 0.1) is 0 Å². The number of aromatic hydroxyl groups is 1. The Kier molecular flexibility index (Phi) is 5.31. The van der Waals surface area contributed by atoms with Crippen molar-refractivity contribution in [2.24, 2.45) is 10.8 Å². The van der Waals surface area contributed by atoms with E-state index in [4.69, 9.17) is 0 Å². The SMILES string of the molecule is CC1(C)CC(=O)C2=C(C1)N(Cc1ccccc1)C1=C(C(=O)CC(C)(C)C1)C2c1ccc(O)cc1. The zero-order chi connectivity index (χ0) is 24.3. The van der Waals surface area contributed by atoms with E-state index in [2.05, 4.69) is 44.7 Å². The molecule has 5 rings (SSSR count). The molecule has 0 unspecified atom stereocenters. The molecule has 0 saturated carbocycles. The average molecular weight is 456 g/mol. The molecule has 4 heteroatoms. The van der Waals surface area contributed by atoms with Crippen molar-refractivity contribution in [1.29, 1.82) is 0 Å². The molecule has 0 amide bonds. The minimum atomic E-state index is -0.371. The molecular weight excluding hydrogens is 422 g/mol. The van der Waals surface area contributed by atoms with Gasteiger partial charge in [-0.15, -0.1) is 0 Å². The summed E-state index contributed by atoms with van der Waals surface area (Å²) >= 11 is 0. The minimum Gasteiger partial charge on any atom is -0.508 e. The van der Waals surface area contributed by atoms with E-state index in [1.54, 1.807) is 12.1 Å². The normalized spacial score (nSPS) is 22.1. The third kappa shape index (κ3) is 4.00. The summed E-state index contributed by atoms with van der Waals surface area (Å²) in [6.45, 7) is 9.28. The number of ketones is 2. The fourth-order valence-electron chi connectivity index (χ4n) is 6.00. The fourth-order valence-corrected chi connectivity index (χ4v) is 6.00. The second kappa shape index (κ2) is 7.97. The molecule has 2 aromatic carbocycles. The Morgan fingerprint density at radius 3 is 1.76 bits per heavy atom. The van der Waals surface area contributed by atoms with Crippen molar-refractivity contribution in [2.45, 2.75) is 65.8 Å². The van der Waals surface area contributed by atoms with E-state index >= 15 is 0 Å². The van der Waals surface area contributed by atoms with E-state index < -0.39 is 0 Å². The summed E-state index contributed by atoms with van der Waals surface area (Å²) in [4.78, 5) is 29.8. The van der Waals surface area contributed by atoms with Crippen LogP contribution in [0, 0.1) is 10.8 Å². The number of phenolic OH excluding ortho intramolecular Hbond substituents is 1. The lowest BCUT2D eigenvalue weighted by molar-refractivity contribution is -0.119. The molecule has 0 atom stereocenters. The molecule has 3 aliphatic rings. The maximum absolute atomic E-state index is 13.7. The summed E-state index contributed by atoms with van der Waals surface area (Å²) in [6, 6.07) is 17.3. The Bertz CT molecular complexity index is 1160. The van der Waals surface area contributed by atoms with Gasteiger partial charge in [0.25, 0.3) is 0 Å². The number of benzene rings is 2. The van der Waals surface area contributed by atoms with Crippen molar-refractivity contribution in [3.05, 3.63) is 88.3 Å². The number of hydrogen-bond acceptors (Lipinski definition) is 4.